The molecule has 112 valence electrons. The third-order valence-corrected chi connectivity index (χ3v) is 6.05. The number of anilines is 1. The molecule has 1 aliphatic rings. The highest BCUT2D eigenvalue weighted by Gasteiger charge is 2.21. The fraction of sp³-hybridized carbons (Fsp3) is 0.222. The van der Waals surface area contributed by atoms with Gasteiger partial charge in [-0.3, -0.25) is 0 Å². The molecule has 2 nitrogen and oxygen atoms in total. The van der Waals surface area contributed by atoms with Crippen LogP contribution in [0.25, 0.3) is 20.9 Å². The van der Waals surface area contributed by atoms with Crippen molar-refractivity contribution in [2.45, 2.75) is 0 Å². The fourth-order valence-electron chi connectivity index (χ4n) is 2.96. The lowest BCUT2D eigenvalue weighted by Gasteiger charge is -2.30. The van der Waals surface area contributed by atoms with Crippen LogP contribution in [0.3, 0.4) is 0 Å². The molecule has 0 saturated carbocycles. The molecule has 0 spiro atoms. The SMILES string of the molecule is c1ccc(-c2c(N3CCNCC3)csc2-c2cccs2)cc1. The number of rotatable bonds is 3. The van der Waals surface area contributed by atoms with Crippen LogP contribution in [-0.4, -0.2) is 26.2 Å². The summed E-state index contributed by atoms with van der Waals surface area (Å²) < 4.78 is 0. The average molecular weight is 326 g/mol. The summed E-state index contributed by atoms with van der Waals surface area (Å²) in [6.45, 7) is 4.30. The molecule has 4 heteroatoms. The molecule has 0 bridgehead atoms. The van der Waals surface area contributed by atoms with E-state index in [1.165, 1.54) is 26.6 Å². The predicted molar refractivity (Wildman–Crippen MR) is 98.2 cm³/mol. The second-order valence-electron chi connectivity index (χ2n) is 5.41. The van der Waals surface area contributed by atoms with E-state index in [4.69, 9.17) is 0 Å². The van der Waals surface area contributed by atoms with Crippen LogP contribution in [0, 0.1) is 0 Å². The first kappa shape index (κ1) is 14.0. The summed E-state index contributed by atoms with van der Waals surface area (Å²) in [5, 5.41) is 7.94. The molecule has 1 aliphatic heterocycles. The van der Waals surface area contributed by atoms with Crippen LogP contribution in [0.4, 0.5) is 5.69 Å². The summed E-state index contributed by atoms with van der Waals surface area (Å²) in [4.78, 5) is 5.28. The average Bonchev–Trinajstić information content (AvgIpc) is 3.25. The Bertz CT molecular complexity index is 726. The van der Waals surface area contributed by atoms with E-state index >= 15 is 0 Å². The molecule has 0 aliphatic carbocycles. The Morgan fingerprint density at radius 1 is 0.909 bits per heavy atom. The molecule has 2 aromatic heterocycles. The van der Waals surface area contributed by atoms with E-state index in [9.17, 15) is 0 Å². The molecular weight excluding hydrogens is 308 g/mol. The van der Waals surface area contributed by atoms with Crippen molar-refractivity contribution < 1.29 is 0 Å². The standard InChI is InChI=1S/C18H18N2S2/c1-2-5-14(6-3-1)17-15(20-10-8-19-9-11-20)13-22-18(17)16-7-4-12-21-16/h1-7,12-13,19H,8-11H2. The van der Waals surface area contributed by atoms with Gasteiger partial charge in [0, 0.05) is 42.0 Å². The maximum atomic E-state index is 3.44. The summed E-state index contributed by atoms with van der Waals surface area (Å²) in [6.07, 6.45) is 0. The maximum Gasteiger partial charge on any atom is 0.0562 e. The molecule has 3 heterocycles. The van der Waals surface area contributed by atoms with Crippen LogP contribution in [0.5, 0.6) is 0 Å². The zero-order valence-electron chi connectivity index (χ0n) is 12.3. The highest BCUT2D eigenvalue weighted by atomic mass is 32.1. The minimum absolute atomic E-state index is 1.07. The van der Waals surface area contributed by atoms with Crippen molar-refractivity contribution in [2.24, 2.45) is 0 Å². The summed E-state index contributed by atoms with van der Waals surface area (Å²) in [5.41, 5.74) is 4.11. The Labute approximate surface area is 139 Å². The molecule has 3 aromatic rings. The molecule has 1 aromatic carbocycles. The monoisotopic (exact) mass is 326 g/mol. The molecule has 1 N–H and O–H groups in total. The highest BCUT2D eigenvalue weighted by Crippen LogP contribution is 2.46. The van der Waals surface area contributed by atoms with Gasteiger partial charge in [0.2, 0.25) is 0 Å². The lowest BCUT2D eigenvalue weighted by molar-refractivity contribution is 0.590. The van der Waals surface area contributed by atoms with Crippen LogP contribution < -0.4 is 10.2 Å². The Morgan fingerprint density at radius 3 is 2.45 bits per heavy atom. The van der Waals surface area contributed by atoms with E-state index in [0.717, 1.165) is 26.2 Å². The number of nitrogens with one attached hydrogen (secondary N) is 1. The van der Waals surface area contributed by atoms with Gasteiger partial charge in [0.25, 0.3) is 0 Å². The number of benzene rings is 1. The van der Waals surface area contributed by atoms with Crippen molar-refractivity contribution in [3.63, 3.8) is 0 Å². The number of hydrogen-bond acceptors (Lipinski definition) is 4. The van der Waals surface area contributed by atoms with Crippen LogP contribution in [-0.2, 0) is 0 Å². The van der Waals surface area contributed by atoms with E-state index in [0.29, 0.717) is 0 Å². The van der Waals surface area contributed by atoms with Gasteiger partial charge in [0.05, 0.1) is 10.6 Å². The Balaban J connectivity index is 1.85. The van der Waals surface area contributed by atoms with Gasteiger partial charge in [-0.1, -0.05) is 36.4 Å². The van der Waals surface area contributed by atoms with E-state index < -0.39 is 0 Å². The Hall–Kier alpha value is -1.62. The Morgan fingerprint density at radius 2 is 1.73 bits per heavy atom. The zero-order valence-corrected chi connectivity index (χ0v) is 13.9. The lowest BCUT2D eigenvalue weighted by Crippen LogP contribution is -2.43. The highest BCUT2D eigenvalue weighted by molar-refractivity contribution is 7.21. The van der Waals surface area contributed by atoms with E-state index in [1.807, 2.05) is 22.7 Å². The summed E-state index contributed by atoms with van der Waals surface area (Å²) in [7, 11) is 0. The normalized spacial score (nSPS) is 15.2. The van der Waals surface area contributed by atoms with Crippen molar-refractivity contribution in [2.75, 3.05) is 31.1 Å². The van der Waals surface area contributed by atoms with Crippen molar-refractivity contribution in [1.29, 1.82) is 0 Å². The van der Waals surface area contributed by atoms with Gasteiger partial charge in [0.1, 0.15) is 0 Å². The van der Waals surface area contributed by atoms with Crippen LogP contribution in [0.1, 0.15) is 0 Å². The van der Waals surface area contributed by atoms with E-state index in [-0.39, 0.29) is 0 Å². The quantitative estimate of drug-likeness (QED) is 0.759. The minimum Gasteiger partial charge on any atom is -0.368 e. The molecule has 0 atom stereocenters. The number of nitrogens with zero attached hydrogens (tertiary/aromatic N) is 1. The van der Waals surface area contributed by atoms with Gasteiger partial charge in [-0.2, -0.15) is 0 Å². The summed E-state index contributed by atoms with van der Waals surface area (Å²) in [6, 6.07) is 15.2. The van der Waals surface area contributed by atoms with Crippen LogP contribution >= 0.6 is 22.7 Å². The van der Waals surface area contributed by atoms with Crippen molar-refractivity contribution in [1.82, 2.24) is 5.32 Å². The van der Waals surface area contributed by atoms with Gasteiger partial charge >= 0.3 is 0 Å². The summed E-state index contributed by atoms with van der Waals surface area (Å²) >= 11 is 3.70. The largest absolute Gasteiger partial charge is 0.368 e. The van der Waals surface area contributed by atoms with Crippen molar-refractivity contribution in [3.8, 4) is 20.9 Å². The third-order valence-electron chi connectivity index (χ3n) is 4.04. The molecule has 0 radical (unpaired) electrons. The first-order valence-corrected chi connectivity index (χ1v) is 9.36. The molecule has 4 rings (SSSR count). The molecule has 1 fully saturated rings. The second kappa shape index (κ2) is 6.24. The van der Waals surface area contributed by atoms with Crippen LogP contribution in [0.2, 0.25) is 0 Å². The Kier molecular flexibility index (Phi) is 3.97. The number of piperazine rings is 1. The van der Waals surface area contributed by atoms with Crippen molar-refractivity contribution >= 4 is 28.4 Å². The summed E-state index contributed by atoms with van der Waals surface area (Å²) in [5.74, 6) is 0. The molecule has 1 saturated heterocycles. The zero-order chi connectivity index (χ0) is 14.8. The number of thiophene rings is 2. The van der Waals surface area contributed by atoms with Gasteiger partial charge in [-0.05, 0) is 17.0 Å². The first-order chi connectivity index (χ1) is 10.9. The fourth-order valence-corrected chi connectivity index (χ4v) is 4.94. The van der Waals surface area contributed by atoms with Crippen molar-refractivity contribution in [3.05, 3.63) is 53.2 Å². The number of hydrogen-bond donors (Lipinski definition) is 1. The molecule has 0 unspecified atom stereocenters. The molecule has 22 heavy (non-hydrogen) atoms. The second-order valence-corrected chi connectivity index (χ2v) is 7.23. The smallest absolute Gasteiger partial charge is 0.0562 e. The van der Waals surface area contributed by atoms with Gasteiger partial charge in [0.15, 0.2) is 0 Å². The molecular formula is C18H18N2S2. The predicted octanol–water partition coefficient (Wildman–Crippen LogP) is 4.55. The van der Waals surface area contributed by atoms with Gasteiger partial charge in [-0.15, -0.1) is 22.7 Å². The lowest BCUT2D eigenvalue weighted by atomic mass is 10.0. The van der Waals surface area contributed by atoms with Gasteiger partial charge < -0.3 is 10.2 Å². The van der Waals surface area contributed by atoms with E-state index in [1.54, 1.807) is 0 Å². The topological polar surface area (TPSA) is 15.3 Å². The minimum atomic E-state index is 1.07. The van der Waals surface area contributed by atoms with Gasteiger partial charge in [-0.25, -0.2) is 0 Å². The van der Waals surface area contributed by atoms with Crippen LogP contribution in [0.15, 0.2) is 53.2 Å². The first-order valence-electron chi connectivity index (χ1n) is 7.60. The maximum absolute atomic E-state index is 3.44. The third kappa shape index (κ3) is 2.58. The molecule has 0 amide bonds. The van der Waals surface area contributed by atoms with E-state index in [2.05, 4.69) is 63.4 Å².